The minimum Gasteiger partial charge on any atom is -0.494 e. The van der Waals surface area contributed by atoms with Gasteiger partial charge in [-0.25, -0.2) is 0 Å². The largest absolute Gasteiger partial charge is 0.494 e. The average molecular weight is 402 g/mol. The number of carbonyl (C=O) groups excluding carboxylic acids is 2. The molecule has 3 rings (SSSR count). The molecule has 5 heteroatoms. The van der Waals surface area contributed by atoms with E-state index in [0.29, 0.717) is 23.4 Å². The normalized spacial score (nSPS) is 11.4. The summed E-state index contributed by atoms with van der Waals surface area (Å²) in [5.41, 5.74) is 3.27. The first-order valence-electron chi connectivity index (χ1n) is 9.99. The second-order valence-corrected chi connectivity index (χ2v) is 7.02. The number of aryl methyl sites for hydroxylation is 1. The molecule has 0 aliphatic heterocycles. The highest BCUT2D eigenvalue weighted by atomic mass is 16.5. The van der Waals surface area contributed by atoms with Gasteiger partial charge in [0.1, 0.15) is 5.75 Å². The van der Waals surface area contributed by atoms with Gasteiger partial charge in [-0.15, -0.1) is 0 Å². The number of anilines is 1. The fourth-order valence-electron chi connectivity index (χ4n) is 3.19. The van der Waals surface area contributed by atoms with Gasteiger partial charge in [0.2, 0.25) is 0 Å². The van der Waals surface area contributed by atoms with Crippen molar-refractivity contribution in [2.75, 3.05) is 11.9 Å². The minimum absolute atomic E-state index is 0.156. The zero-order valence-electron chi connectivity index (χ0n) is 17.4. The Balaban J connectivity index is 1.75. The summed E-state index contributed by atoms with van der Waals surface area (Å²) in [7, 11) is 0. The van der Waals surface area contributed by atoms with Crippen LogP contribution in [0.3, 0.4) is 0 Å². The van der Waals surface area contributed by atoms with E-state index in [1.165, 1.54) is 0 Å². The van der Waals surface area contributed by atoms with Gasteiger partial charge in [-0.1, -0.05) is 42.5 Å². The number of carbonyl (C=O) groups is 2. The van der Waals surface area contributed by atoms with Gasteiger partial charge < -0.3 is 15.4 Å². The second kappa shape index (κ2) is 9.74. The number of hydrogen-bond acceptors (Lipinski definition) is 3. The molecule has 0 fully saturated rings. The molecule has 0 radical (unpaired) electrons. The Morgan fingerprint density at radius 1 is 0.933 bits per heavy atom. The summed E-state index contributed by atoms with van der Waals surface area (Å²) in [5.74, 6) is 0.228. The summed E-state index contributed by atoms with van der Waals surface area (Å²) in [5, 5.41) is 5.85. The van der Waals surface area contributed by atoms with Gasteiger partial charge >= 0.3 is 0 Å². The van der Waals surface area contributed by atoms with Crippen LogP contribution in [0.1, 0.15) is 51.7 Å². The lowest BCUT2D eigenvalue weighted by Gasteiger charge is -2.16. The van der Waals surface area contributed by atoms with Gasteiger partial charge in [-0.2, -0.15) is 0 Å². The quantitative estimate of drug-likeness (QED) is 0.575. The average Bonchev–Trinajstić information content (AvgIpc) is 2.76. The van der Waals surface area contributed by atoms with Gasteiger partial charge in [0.15, 0.2) is 0 Å². The molecule has 0 aliphatic rings. The Hall–Kier alpha value is -3.60. The molecule has 154 valence electrons. The fourth-order valence-corrected chi connectivity index (χ4v) is 3.19. The fraction of sp³-hybridized carbons (Fsp3) is 0.200. The van der Waals surface area contributed by atoms with E-state index >= 15 is 0 Å². The van der Waals surface area contributed by atoms with Crippen molar-refractivity contribution in [1.82, 2.24) is 5.32 Å². The maximum atomic E-state index is 12.9. The molecule has 0 saturated carbocycles. The van der Waals surface area contributed by atoms with Crippen molar-refractivity contribution in [1.29, 1.82) is 0 Å². The highest BCUT2D eigenvalue weighted by molar-refractivity contribution is 6.09. The van der Waals surface area contributed by atoms with Crippen molar-refractivity contribution >= 4 is 17.5 Å². The molecule has 2 N–H and O–H groups in total. The number of hydrogen-bond donors (Lipinski definition) is 2. The molecule has 0 bridgehead atoms. The highest BCUT2D eigenvalue weighted by Crippen LogP contribution is 2.22. The number of nitrogens with one attached hydrogen (secondary N) is 2. The van der Waals surface area contributed by atoms with E-state index in [4.69, 9.17) is 4.74 Å². The third-order valence-corrected chi connectivity index (χ3v) is 4.80. The molecule has 3 aromatic rings. The summed E-state index contributed by atoms with van der Waals surface area (Å²) in [6.07, 6.45) is 0. The first-order valence-corrected chi connectivity index (χ1v) is 9.99. The standard InChI is InChI=1S/C25H26N2O3/c1-4-30-23-15-14-20(16-17(23)2)24(28)27-22-13-9-8-12-21(22)25(29)26-18(3)19-10-6-5-7-11-19/h5-16,18H,4H2,1-3H3,(H,26,29)(H,27,28)/t18-/m0/s1. The first kappa shape index (κ1) is 21.1. The SMILES string of the molecule is CCOc1ccc(C(=O)Nc2ccccc2C(=O)N[C@@H](C)c2ccccc2)cc1C. The molecule has 1 atom stereocenters. The summed E-state index contributed by atoms with van der Waals surface area (Å²) < 4.78 is 5.53. The molecule has 0 unspecified atom stereocenters. The molecule has 0 heterocycles. The van der Waals surface area contributed by atoms with Crippen LogP contribution in [0.15, 0.2) is 72.8 Å². The number of ether oxygens (including phenoxy) is 1. The van der Waals surface area contributed by atoms with Gasteiger partial charge in [0, 0.05) is 5.56 Å². The molecule has 0 aromatic heterocycles. The lowest BCUT2D eigenvalue weighted by Crippen LogP contribution is -2.28. The van der Waals surface area contributed by atoms with Crippen LogP contribution in [0.2, 0.25) is 0 Å². The van der Waals surface area contributed by atoms with Gasteiger partial charge in [0.05, 0.1) is 23.9 Å². The molecule has 0 aliphatic carbocycles. The zero-order chi connectivity index (χ0) is 21.5. The van der Waals surface area contributed by atoms with Crippen LogP contribution in [0.5, 0.6) is 5.75 Å². The van der Waals surface area contributed by atoms with Gasteiger partial charge in [-0.05, 0) is 62.2 Å². The Kier molecular flexibility index (Phi) is 6.86. The Morgan fingerprint density at radius 3 is 2.33 bits per heavy atom. The Morgan fingerprint density at radius 2 is 1.63 bits per heavy atom. The minimum atomic E-state index is -0.280. The third kappa shape index (κ3) is 5.06. The maximum Gasteiger partial charge on any atom is 0.255 e. The van der Waals surface area contributed by atoms with Crippen molar-refractivity contribution in [2.24, 2.45) is 0 Å². The van der Waals surface area contributed by atoms with E-state index in [2.05, 4.69) is 10.6 Å². The maximum absolute atomic E-state index is 12.9. The predicted molar refractivity (Wildman–Crippen MR) is 119 cm³/mol. The smallest absolute Gasteiger partial charge is 0.255 e. The lowest BCUT2D eigenvalue weighted by molar-refractivity contribution is 0.0940. The highest BCUT2D eigenvalue weighted by Gasteiger charge is 2.17. The lowest BCUT2D eigenvalue weighted by atomic mass is 10.1. The van der Waals surface area contributed by atoms with Crippen LogP contribution >= 0.6 is 0 Å². The van der Waals surface area contributed by atoms with E-state index in [1.54, 1.807) is 42.5 Å². The first-order chi connectivity index (χ1) is 14.5. The Labute approximate surface area is 177 Å². The third-order valence-electron chi connectivity index (χ3n) is 4.80. The topological polar surface area (TPSA) is 67.4 Å². The number of rotatable bonds is 7. The van der Waals surface area contributed by atoms with Crippen molar-refractivity contribution in [3.8, 4) is 5.75 Å². The molecule has 0 saturated heterocycles. The summed E-state index contributed by atoms with van der Waals surface area (Å²) in [6.45, 7) is 6.31. The summed E-state index contributed by atoms with van der Waals surface area (Å²) in [4.78, 5) is 25.6. The van der Waals surface area contributed by atoms with E-state index in [0.717, 1.165) is 16.9 Å². The molecule has 3 aromatic carbocycles. The van der Waals surface area contributed by atoms with Gasteiger partial charge in [-0.3, -0.25) is 9.59 Å². The number of benzene rings is 3. The summed E-state index contributed by atoms with van der Waals surface area (Å²) in [6, 6.07) is 21.8. The molecule has 30 heavy (non-hydrogen) atoms. The van der Waals surface area contributed by atoms with Crippen LogP contribution in [0, 0.1) is 6.92 Å². The van der Waals surface area contributed by atoms with E-state index in [9.17, 15) is 9.59 Å². The van der Waals surface area contributed by atoms with Crippen LogP contribution in [0.4, 0.5) is 5.69 Å². The molecular weight excluding hydrogens is 376 g/mol. The zero-order valence-corrected chi connectivity index (χ0v) is 17.4. The number of amides is 2. The monoisotopic (exact) mass is 402 g/mol. The van der Waals surface area contributed by atoms with Gasteiger partial charge in [0.25, 0.3) is 11.8 Å². The van der Waals surface area contributed by atoms with E-state index in [1.807, 2.05) is 51.1 Å². The predicted octanol–water partition coefficient (Wildman–Crippen LogP) is 5.14. The van der Waals surface area contributed by atoms with E-state index < -0.39 is 0 Å². The van der Waals surface area contributed by atoms with E-state index in [-0.39, 0.29) is 17.9 Å². The molecular formula is C25H26N2O3. The summed E-state index contributed by atoms with van der Waals surface area (Å²) >= 11 is 0. The van der Waals surface area contributed by atoms with Crippen LogP contribution < -0.4 is 15.4 Å². The Bertz CT molecular complexity index is 1030. The molecule has 2 amide bonds. The van der Waals surface area contributed by atoms with Crippen molar-refractivity contribution in [2.45, 2.75) is 26.8 Å². The van der Waals surface area contributed by atoms with Crippen LogP contribution in [0.25, 0.3) is 0 Å². The van der Waals surface area contributed by atoms with Crippen molar-refractivity contribution < 1.29 is 14.3 Å². The molecule has 0 spiro atoms. The van der Waals surface area contributed by atoms with Crippen LogP contribution in [-0.2, 0) is 0 Å². The molecule has 5 nitrogen and oxygen atoms in total. The second-order valence-electron chi connectivity index (χ2n) is 7.02. The van der Waals surface area contributed by atoms with Crippen molar-refractivity contribution in [3.63, 3.8) is 0 Å². The van der Waals surface area contributed by atoms with Crippen LogP contribution in [-0.4, -0.2) is 18.4 Å². The van der Waals surface area contributed by atoms with Crippen molar-refractivity contribution in [3.05, 3.63) is 95.1 Å². The number of para-hydroxylation sites is 1.